The number of hydrogen-bond acceptors (Lipinski definition) is 5. The van der Waals surface area contributed by atoms with Crippen molar-refractivity contribution >= 4 is 0 Å². The molecule has 1 aliphatic carbocycles. The van der Waals surface area contributed by atoms with E-state index in [0.29, 0.717) is 6.04 Å². The highest BCUT2D eigenvalue weighted by Crippen LogP contribution is 2.35. The van der Waals surface area contributed by atoms with E-state index in [1.165, 1.54) is 12.8 Å². The Morgan fingerprint density at radius 2 is 2.37 bits per heavy atom. The molecule has 0 bridgehead atoms. The van der Waals surface area contributed by atoms with Crippen LogP contribution in [0.3, 0.4) is 0 Å². The summed E-state index contributed by atoms with van der Waals surface area (Å²) in [5, 5.41) is 7.14. The first-order valence-corrected chi connectivity index (χ1v) is 7.06. The van der Waals surface area contributed by atoms with Crippen molar-refractivity contribution in [2.75, 3.05) is 27.3 Å². The maximum atomic E-state index is 5.41. The van der Waals surface area contributed by atoms with Gasteiger partial charge in [0.15, 0.2) is 5.76 Å². The maximum absolute atomic E-state index is 5.41. The lowest BCUT2D eigenvalue weighted by Crippen LogP contribution is -2.36. The van der Waals surface area contributed by atoms with E-state index < -0.39 is 0 Å². The fourth-order valence-corrected chi connectivity index (χ4v) is 2.41. The summed E-state index contributed by atoms with van der Waals surface area (Å²) in [5.74, 6) is 1.78. The Morgan fingerprint density at radius 3 is 3.00 bits per heavy atom. The van der Waals surface area contributed by atoms with Crippen molar-refractivity contribution in [3.8, 4) is 0 Å². The summed E-state index contributed by atoms with van der Waals surface area (Å²) in [6, 6.07) is 2.63. The predicted molar refractivity (Wildman–Crippen MR) is 73.7 cm³/mol. The molecule has 1 N–H and O–H groups in total. The number of aromatic nitrogens is 1. The third-order valence-electron chi connectivity index (χ3n) is 3.79. The first-order chi connectivity index (χ1) is 9.24. The van der Waals surface area contributed by atoms with E-state index in [4.69, 9.17) is 9.26 Å². The molecule has 2 rings (SSSR count). The van der Waals surface area contributed by atoms with Crippen LogP contribution in [-0.2, 0) is 17.8 Å². The zero-order valence-electron chi connectivity index (χ0n) is 12.2. The SMILES string of the molecule is CNCc1cc(CN(CCOC)C(C)C2CC2)on1. The Labute approximate surface area is 115 Å². The van der Waals surface area contributed by atoms with Crippen molar-refractivity contribution in [3.63, 3.8) is 0 Å². The van der Waals surface area contributed by atoms with Crippen molar-refractivity contribution in [1.82, 2.24) is 15.4 Å². The highest BCUT2D eigenvalue weighted by Gasteiger charge is 2.32. The van der Waals surface area contributed by atoms with Crippen LogP contribution in [0.15, 0.2) is 10.6 Å². The van der Waals surface area contributed by atoms with Gasteiger partial charge in [-0.1, -0.05) is 5.16 Å². The molecule has 0 saturated heterocycles. The van der Waals surface area contributed by atoms with E-state index in [-0.39, 0.29) is 0 Å². The molecule has 0 aromatic carbocycles. The molecule has 1 aromatic rings. The van der Waals surface area contributed by atoms with Crippen molar-refractivity contribution in [1.29, 1.82) is 0 Å². The first-order valence-electron chi connectivity index (χ1n) is 7.06. The minimum absolute atomic E-state index is 0.591. The molecule has 1 atom stereocenters. The van der Waals surface area contributed by atoms with Crippen LogP contribution in [0.25, 0.3) is 0 Å². The molecule has 0 amide bonds. The normalized spacial score (nSPS) is 17.1. The van der Waals surface area contributed by atoms with Crippen LogP contribution in [0.4, 0.5) is 0 Å². The van der Waals surface area contributed by atoms with Gasteiger partial charge in [-0.25, -0.2) is 0 Å². The molecule has 1 aliphatic rings. The largest absolute Gasteiger partial charge is 0.383 e. The number of ether oxygens (including phenoxy) is 1. The maximum Gasteiger partial charge on any atom is 0.151 e. The van der Waals surface area contributed by atoms with Crippen LogP contribution in [-0.4, -0.2) is 43.4 Å². The van der Waals surface area contributed by atoms with Crippen molar-refractivity contribution < 1.29 is 9.26 Å². The zero-order valence-corrected chi connectivity index (χ0v) is 12.2. The third-order valence-corrected chi connectivity index (χ3v) is 3.79. The highest BCUT2D eigenvalue weighted by molar-refractivity contribution is 5.05. The van der Waals surface area contributed by atoms with Gasteiger partial charge < -0.3 is 14.6 Å². The lowest BCUT2D eigenvalue weighted by molar-refractivity contribution is 0.104. The smallest absolute Gasteiger partial charge is 0.151 e. The summed E-state index contributed by atoms with van der Waals surface area (Å²) in [6.07, 6.45) is 2.71. The molecule has 1 unspecified atom stereocenters. The summed E-state index contributed by atoms with van der Waals surface area (Å²) in [6.45, 7) is 5.57. The summed E-state index contributed by atoms with van der Waals surface area (Å²) in [4.78, 5) is 2.44. The Hall–Kier alpha value is -0.910. The average Bonchev–Trinajstić information content (AvgIpc) is 3.16. The van der Waals surface area contributed by atoms with Gasteiger partial charge >= 0.3 is 0 Å². The molecule has 1 fully saturated rings. The number of rotatable bonds is 9. The molecular weight excluding hydrogens is 242 g/mol. The second-order valence-corrected chi connectivity index (χ2v) is 5.36. The van der Waals surface area contributed by atoms with Crippen LogP contribution in [0.1, 0.15) is 31.2 Å². The van der Waals surface area contributed by atoms with Crippen LogP contribution in [0, 0.1) is 5.92 Å². The summed E-state index contributed by atoms with van der Waals surface area (Å²) in [7, 11) is 3.66. The predicted octanol–water partition coefficient (Wildman–Crippen LogP) is 1.64. The fourth-order valence-electron chi connectivity index (χ4n) is 2.41. The molecule has 0 spiro atoms. The third kappa shape index (κ3) is 4.30. The number of hydrogen-bond donors (Lipinski definition) is 1. The number of methoxy groups -OCH3 is 1. The molecule has 19 heavy (non-hydrogen) atoms. The van der Waals surface area contributed by atoms with Crippen LogP contribution >= 0.6 is 0 Å². The van der Waals surface area contributed by atoms with Gasteiger partial charge in [-0.2, -0.15) is 0 Å². The van der Waals surface area contributed by atoms with Crippen molar-refractivity contribution in [3.05, 3.63) is 17.5 Å². The van der Waals surface area contributed by atoms with Gasteiger partial charge in [0.05, 0.1) is 18.8 Å². The van der Waals surface area contributed by atoms with Crippen molar-refractivity contribution in [2.45, 2.75) is 38.9 Å². The van der Waals surface area contributed by atoms with E-state index in [9.17, 15) is 0 Å². The molecule has 5 heteroatoms. The molecular formula is C14H25N3O2. The molecule has 0 aliphatic heterocycles. The Bertz CT molecular complexity index is 377. The lowest BCUT2D eigenvalue weighted by atomic mass is 10.1. The minimum atomic E-state index is 0.591. The monoisotopic (exact) mass is 267 g/mol. The first kappa shape index (κ1) is 14.5. The van der Waals surface area contributed by atoms with E-state index in [2.05, 4.69) is 22.3 Å². The second-order valence-electron chi connectivity index (χ2n) is 5.36. The van der Waals surface area contributed by atoms with E-state index in [1.54, 1.807) is 7.11 Å². The van der Waals surface area contributed by atoms with Crippen LogP contribution in [0.2, 0.25) is 0 Å². The molecule has 5 nitrogen and oxygen atoms in total. The Morgan fingerprint density at radius 1 is 1.58 bits per heavy atom. The topological polar surface area (TPSA) is 50.5 Å². The minimum Gasteiger partial charge on any atom is -0.383 e. The van der Waals surface area contributed by atoms with Gasteiger partial charge in [-0.05, 0) is 32.7 Å². The summed E-state index contributed by atoms with van der Waals surface area (Å²) >= 11 is 0. The second kappa shape index (κ2) is 7.03. The van der Waals surface area contributed by atoms with Crippen molar-refractivity contribution in [2.24, 2.45) is 5.92 Å². The van der Waals surface area contributed by atoms with E-state index in [0.717, 1.165) is 43.6 Å². The number of nitrogens with one attached hydrogen (secondary N) is 1. The van der Waals surface area contributed by atoms with Gasteiger partial charge in [0.25, 0.3) is 0 Å². The quantitative estimate of drug-likeness (QED) is 0.737. The Kier molecular flexibility index (Phi) is 5.36. The van der Waals surface area contributed by atoms with E-state index >= 15 is 0 Å². The van der Waals surface area contributed by atoms with Gasteiger partial charge in [-0.3, -0.25) is 4.90 Å². The molecule has 1 heterocycles. The molecule has 0 radical (unpaired) electrons. The van der Waals surface area contributed by atoms with E-state index in [1.807, 2.05) is 13.1 Å². The molecule has 108 valence electrons. The zero-order chi connectivity index (χ0) is 13.7. The van der Waals surface area contributed by atoms with Gasteiger partial charge in [0.1, 0.15) is 0 Å². The fraction of sp³-hybridized carbons (Fsp3) is 0.786. The summed E-state index contributed by atoms with van der Waals surface area (Å²) in [5.41, 5.74) is 0.961. The molecule has 1 aromatic heterocycles. The Balaban J connectivity index is 1.92. The van der Waals surface area contributed by atoms with Gasteiger partial charge in [-0.15, -0.1) is 0 Å². The van der Waals surface area contributed by atoms with Crippen LogP contribution in [0.5, 0.6) is 0 Å². The van der Waals surface area contributed by atoms with Gasteiger partial charge in [0, 0.05) is 32.3 Å². The van der Waals surface area contributed by atoms with Gasteiger partial charge in [0.2, 0.25) is 0 Å². The average molecular weight is 267 g/mol. The standard InChI is InChI=1S/C14H25N3O2/c1-11(12-4-5-12)17(6-7-18-3)10-14-8-13(9-15-2)16-19-14/h8,11-12,15H,4-7,9-10H2,1-3H3. The summed E-state index contributed by atoms with van der Waals surface area (Å²) < 4.78 is 10.6. The highest BCUT2D eigenvalue weighted by atomic mass is 16.5. The number of nitrogens with zero attached hydrogens (tertiary/aromatic N) is 2. The molecule has 1 saturated carbocycles. The van der Waals surface area contributed by atoms with Crippen LogP contribution < -0.4 is 5.32 Å². The lowest BCUT2D eigenvalue weighted by Gasteiger charge is -2.27.